The van der Waals surface area contributed by atoms with Crippen LogP contribution in [0.25, 0.3) is 11.0 Å². The number of hydrogen-bond acceptors (Lipinski definition) is 3. The molecule has 0 fully saturated rings. The predicted molar refractivity (Wildman–Crippen MR) is 59.4 cm³/mol. The van der Waals surface area contributed by atoms with Gasteiger partial charge in [-0.25, -0.2) is 9.78 Å². The van der Waals surface area contributed by atoms with Gasteiger partial charge in [-0.1, -0.05) is 11.6 Å². The van der Waals surface area contributed by atoms with E-state index < -0.39 is 5.97 Å². The molecule has 2 heterocycles. The Morgan fingerprint density at radius 2 is 2.47 bits per heavy atom. The summed E-state index contributed by atoms with van der Waals surface area (Å²) in [6.45, 7) is 1.52. The Morgan fingerprint density at radius 3 is 3.13 bits per heavy atom. The molecule has 0 amide bonds. The molecule has 0 aliphatic rings. The van der Waals surface area contributed by atoms with Crippen LogP contribution in [-0.4, -0.2) is 20.5 Å². The van der Waals surface area contributed by atoms with Crippen molar-refractivity contribution < 1.29 is 9.90 Å². The first-order valence-electron chi connectivity index (χ1n) is 4.12. The zero-order chi connectivity index (χ0) is 11.0. The van der Waals surface area contributed by atoms with Gasteiger partial charge >= 0.3 is 5.97 Å². The molecule has 0 aliphatic heterocycles. The molecule has 2 aromatic rings. The number of carboxylic acids is 1. The number of hydrogen-bond donors (Lipinski definition) is 1. The molecule has 0 saturated heterocycles. The van der Waals surface area contributed by atoms with Gasteiger partial charge in [0.2, 0.25) is 0 Å². The van der Waals surface area contributed by atoms with E-state index in [9.17, 15) is 4.79 Å². The fourth-order valence-corrected chi connectivity index (χ4v) is 2.17. The van der Waals surface area contributed by atoms with Gasteiger partial charge in [0.05, 0.1) is 5.69 Å². The number of halogens is 1. The van der Waals surface area contributed by atoms with Crippen LogP contribution in [0, 0.1) is 0 Å². The van der Waals surface area contributed by atoms with Crippen LogP contribution in [0.3, 0.4) is 0 Å². The lowest BCUT2D eigenvalue weighted by Crippen LogP contribution is -1.96. The Hall–Kier alpha value is -1.33. The fourth-order valence-electron chi connectivity index (χ4n) is 1.17. The van der Waals surface area contributed by atoms with Gasteiger partial charge in [0, 0.05) is 17.2 Å². The normalized spacial score (nSPS) is 12.3. The first-order chi connectivity index (χ1) is 7.09. The number of carbonyl (C=O) groups is 1. The maximum Gasteiger partial charge on any atom is 0.331 e. The predicted octanol–water partition coefficient (Wildman–Crippen LogP) is 2.54. The summed E-state index contributed by atoms with van der Waals surface area (Å²) in [6.07, 6.45) is 3.32. The Kier molecular flexibility index (Phi) is 2.50. The zero-order valence-electron chi connectivity index (χ0n) is 7.77. The summed E-state index contributed by atoms with van der Waals surface area (Å²) in [5, 5.41) is 10.9. The molecule has 0 radical (unpaired) electrons. The van der Waals surface area contributed by atoms with Gasteiger partial charge in [-0.2, -0.15) is 0 Å². The van der Waals surface area contributed by atoms with Crippen LogP contribution in [0.4, 0.5) is 0 Å². The Morgan fingerprint density at radius 1 is 1.73 bits per heavy atom. The van der Waals surface area contributed by atoms with Crippen LogP contribution in [0.15, 0.2) is 17.2 Å². The molecular formula is C9H7ClN2O2S. The number of rotatable bonds is 2. The molecule has 6 heteroatoms. The Balaban J connectivity index is 2.60. The van der Waals surface area contributed by atoms with E-state index in [0.29, 0.717) is 10.8 Å². The van der Waals surface area contributed by atoms with Gasteiger partial charge in [0.15, 0.2) is 10.1 Å². The maximum atomic E-state index is 10.7. The highest BCUT2D eigenvalue weighted by atomic mass is 35.5. The standard InChI is InChI=1S/C9H7ClN2O2S/c1-5(8(13)14)4-6-7(10)11-9-12(6)2-3-15-9/h2-4H,1H3,(H,13,14)/b5-4+. The van der Waals surface area contributed by atoms with Crippen LogP contribution in [-0.2, 0) is 4.79 Å². The minimum absolute atomic E-state index is 0.227. The molecule has 1 N–H and O–H groups in total. The summed E-state index contributed by atoms with van der Waals surface area (Å²) in [6, 6.07) is 0. The molecule has 0 atom stereocenters. The molecule has 0 spiro atoms. The van der Waals surface area contributed by atoms with E-state index in [1.54, 1.807) is 10.6 Å². The van der Waals surface area contributed by atoms with E-state index in [1.807, 2.05) is 5.38 Å². The molecule has 2 rings (SSSR count). The summed E-state index contributed by atoms with van der Waals surface area (Å²) in [5.74, 6) is -0.962. The van der Waals surface area contributed by atoms with E-state index in [2.05, 4.69) is 4.98 Å². The van der Waals surface area contributed by atoms with Crippen molar-refractivity contribution in [2.24, 2.45) is 0 Å². The van der Waals surface area contributed by atoms with Crippen molar-refractivity contribution in [3.8, 4) is 0 Å². The van der Waals surface area contributed by atoms with E-state index in [-0.39, 0.29) is 5.57 Å². The lowest BCUT2D eigenvalue weighted by molar-refractivity contribution is -0.132. The van der Waals surface area contributed by atoms with Crippen LogP contribution < -0.4 is 0 Å². The van der Waals surface area contributed by atoms with Gasteiger partial charge < -0.3 is 5.11 Å². The van der Waals surface area contributed by atoms with E-state index in [0.717, 1.165) is 4.96 Å². The highest BCUT2D eigenvalue weighted by molar-refractivity contribution is 7.15. The summed E-state index contributed by atoms with van der Waals surface area (Å²) in [7, 11) is 0. The highest BCUT2D eigenvalue weighted by Gasteiger charge is 2.10. The van der Waals surface area contributed by atoms with Crippen LogP contribution >= 0.6 is 22.9 Å². The molecule has 0 aromatic carbocycles. The molecule has 4 nitrogen and oxygen atoms in total. The first-order valence-corrected chi connectivity index (χ1v) is 5.38. The minimum atomic E-state index is -0.962. The molecular weight excluding hydrogens is 236 g/mol. The second-order valence-electron chi connectivity index (χ2n) is 2.98. The van der Waals surface area contributed by atoms with Crippen molar-refractivity contribution in [2.75, 3.05) is 0 Å². The van der Waals surface area contributed by atoms with Gasteiger partial charge in [0.1, 0.15) is 0 Å². The largest absolute Gasteiger partial charge is 0.478 e. The molecule has 15 heavy (non-hydrogen) atoms. The molecule has 0 aliphatic carbocycles. The van der Waals surface area contributed by atoms with Gasteiger partial charge in [-0.3, -0.25) is 4.40 Å². The smallest absolute Gasteiger partial charge is 0.331 e. The number of carboxylic acid groups (broad SMARTS) is 1. The highest BCUT2D eigenvalue weighted by Crippen LogP contribution is 2.23. The van der Waals surface area contributed by atoms with Crippen LogP contribution in [0.1, 0.15) is 12.6 Å². The summed E-state index contributed by atoms with van der Waals surface area (Å²) in [4.78, 5) is 15.5. The minimum Gasteiger partial charge on any atom is -0.478 e. The molecule has 0 unspecified atom stereocenters. The van der Waals surface area contributed by atoms with Crippen molar-refractivity contribution in [3.63, 3.8) is 0 Å². The Labute approximate surface area is 94.4 Å². The van der Waals surface area contributed by atoms with Crippen LogP contribution in [0.5, 0.6) is 0 Å². The first kappa shape index (κ1) is 10.2. The van der Waals surface area contributed by atoms with Crippen molar-refractivity contribution in [3.05, 3.63) is 28.0 Å². The quantitative estimate of drug-likeness (QED) is 0.824. The van der Waals surface area contributed by atoms with E-state index in [4.69, 9.17) is 16.7 Å². The number of aliphatic carboxylic acids is 1. The van der Waals surface area contributed by atoms with E-state index >= 15 is 0 Å². The number of nitrogens with zero attached hydrogens (tertiary/aromatic N) is 2. The molecule has 2 aromatic heterocycles. The summed E-state index contributed by atoms with van der Waals surface area (Å²) in [5.41, 5.74) is 0.831. The lowest BCUT2D eigenvalue weighted by atomic mass is 10.2. The number of thiazole rings is 1. The second-order valence-corrected chi connectivity index (χ2v) is 4.21. The average Bonchev–Trinajstić information content (AvgIpc) is 2.69. The van der Waals surface area contributed by atoms with Crippen molar-refractivity contribution in [1.82, 2.24) is 9.38 Å². The van der Waals surface area contributed by atoms with Gasteiger partial charge in [0.25, 0.3) is 0 Å². The van der Waals surface area contributed by atoms with E-state index in [1.165, 1.54) is 24.3 Å². The maximum absolute atomic E-state index is 10.7. The molecule has 0 bridgehead atoms. The second kappa shape index (κ2) is 3.67. The van der Waals surface area contributed by atoms with Gasteiger partial charge in [-0.05, 0) is 13.0 Å². The zero-order valence-corrected chi connectivity index (χ0v) is 9.34. The average molecular weight is 243 g/mol. The monoisotopic (exact) mass is 242 g/mol. The number of aromatic nitrogens is 2. The third-order valence-electron chi connectivity index (χ3n) is 1.94. The SMILES string of the molecule is C/C(=C\c1c(Cl)nc2sccn12)C(=O)O. The molecule has 78 valence electrons. The summed E-state index contributed by atoms with van der Waals surface area (Å²) < 4.78 is 1.76. The number of fused-ring (bicyclic) bond motifs is 1. The van der Waals surface area contributed by atoms with Crippen LogP contribution in [0.2, 0.25) is 5.15 Å². The van der Waals surface area contributed by atoms with Crippen molar-refractivity contribution >= 4 is 39.9 Å². The topological polar surface area (TPSA) is 54.6 Å². The third kappa shape index (κ3) is 1.75. The van der Waals surface area contributed by atoms with Crippen molar-refractivity contribution in [1.29, 1.82) is 0 Å². The van der Waals surface area contributed by atoms with Gasteiger partial charge in [-0.15, -0.1) is 11.3 Å². The Bertz CT molecular complexity index is 555. The fraction of sp³-hybridized carbons (Fsp3) is 0.111. The van der Waals surface area contributed by atoms with Crippen molar-refractivity contribution in [2.45, 2.75) is 6.92 Å². The summed E-state index contributed by atoms with van der Waals surface area (Å²) >= 11 is 7.34. The number of imidazole rings is 1. The third-order valence-corrected chi connectivity index (χ3v) is 2.98. The lowest BCUT2D eigenvalue weighted by Gasteiger charge is -1.94. The molecule has 0 saturated carbocycles.